The van der Waals surface area contributed by atoms with E-state index in [9.17, 15) is 0 Å². The first-order chi connectivity index (χ1) is 4.36. The summed E-state index contributed by atoms with van der Waals surface area (Å²) in [6.45, 7) is 0. The van der Waals surface area contributed by atoms with Crippen LogP contribution in [-0.2, 0) is 0 Å². The first-order valence-corrected chi connectivity index (χ1v) is 9.07. The molecule has 1 aliphatic rings. The van der Waals surface area contributed by atoms with Crippen LogP contribution in [0.2, 0.25) is 0 Å². The molecule has 0 bridgehead atoms. The van der Waals surface area contributed by atoms with Crippen LogP contribution in [0.25, 0.3) is 0 Å². The lowest BCUT2D eigenvalue weighted by molar-refractivity contribution is 0.691. The molecule has 0 aromatic carbocycles. The molecule has 0 aliphatic carbocycles. The summed E-state index contributed by atoms with van der Waals surface area (Å²) in [5.41, 5.74) is 0. The Bertz CT molecular complexity index is 141. The lowest BCUT2D eigenvalue weighted by Crippen LogP contribution is -2.30. The Morgan fingerprint density at radius 1 is 1.10 bits per heavy atom. The first kappa shape index (κ1) is 9.62. The second-order valence-corrected chi connectivity index (χ2v) is 13.8. The Morgan fingerprint density at radius 2 is 1.50 bits per heavy atom. The van der Waals surface area contributed by atoms with E-state index in [1.165, 1.54) is 0 Å². The molecule has 64 valence electrons. The highest BCUT2D eigenvalue weighted by atomic mass is 36.0. The monoisotopic (exact) mass is 241 g/mol. The second kappa shape index (κ2) is 2.79. The van der Waals surface area contributed by atoms with Gasteiger partial charge in [0, 0.05) is 0 Å². The van der Waals surface area contributed by atoms with Crippen LogP contribution in [0.3, 0.4) is 0 Å². The summed E-state index contributed by atoms with van der Waals surface area (Å²) in [7, 11) is 19.5. The van der Waals surface area contributed by atoms with Gasteiger partial charge < -0.3 is 0 Å². The molecule has 6 heteroatoms. The second-order valence-electron chi connectivity index (χ2n) is 2.50. The number of halogens is 3. The van der Waals surface area contributed by atoms with E-state index in [-0.39, 0.29) is 0 Å². The molecule has 1 aliphatic heterocycles. The number of hydrogen-bond acceptors (Lipinski definition) is 1. The van der Waals surface area contributed by atoms with Crippen molar-refractivity contribution in [3.8, 4) is 0 Å². The van der Waals surface area contributed by atoms with Crippen LogP contribution >= 0.6 is 49.9 Å². The summed E-state index contributed by atoms with van der Waals surface area (Å²) in [5.74, 6) is 0. The highest BCUT2D eigenvalue weighted by molar-refractivity contribution is 8.84. The highest BCUT2D eigenvalue weighted by Gasteiger charge is 2.46. The Morgan fingerprint density at radius 3 is 1.60 bits per heavy atom. The molecule has 1 saturated heterocycles. The van der Waals surface area contributed by atoms with Crippen LogP contribution < -0.4 is 0 Å². The van der Waals surface area contributed by atoms with Gasteiger partial charge in [-0.25, -0.2) is 0 Å². The van der Waals surface area contributed by atoms with Gasteiger partial charge >= 0.3 is 0 Å². The van der Waals surface area contributed by atoms with E-state index >= 15 is 0 Å². The topological polar surface area (TPSA) is 3.24 Å². The molecule has 0 unspecified atom stereocenters. The molecule has 1 heterocycles. The van der Waals surface area contributed by atoms with Crippen molar-refractivity contribution in [2.45, 2.75) is 0 Å². The van der Waals surface area contributed by atoms with Crippen LogP contribution in [0.1, 0.15) is 0 Å². The van der Waals surface area contributed by atoms with Crippen LogP contribution in [0, 0.1) is 0 Å². The smallest absolute Gasteiger partial charge is 0.0595 e. The zero-order valence-electron chi connectivity index (χ0n) is 5.81. The third kappa shape index (κ3) is 1.82. The first-order valence-electron chi connectivity index (χ1n) is 2.69. The van der Waals surface area contributed by atoms with Gasteiger partial charge in [-0.2, -0.15) is 0 Å². The molecule has 10 heavy (non-hydrogen) atoms. The Hall–Kier alpha value is 1.53. The molecule has 1 nitrogen and oxygen atoms in total. The highest BCUT2D eigenvalue weighted by Crippen LogP contribution is 2.86. The Kier molecular flexibility index (Phi) is 2.68. The van der Waals surface area contributed by atoms with Gasteiger partial charge in [-0.3, -0.25) is 4.31 Å². The molecule has 0 aromatic heterocycles. The normalized spacial score (nSPS) is 34.6. The molecule has 0 amide bonds. The number of hydrogen-bond donors (Lipinski definition) is 0. The predicted molar refractivity (Wildman–Crippen MR) is 56.2 cm³/mol. The molecule has 0 N–H and O–H groups in total. The summed E-state index contributed by atoms with van der Waals surface area (Å²) in [4.78, 5) is 0. The van der Waals surface area contributed by atoms with Crippen molar-refractivity contribution in [2.75, 3.05) is 24.3 Å². The summed E-state index contributed by atoms with van der Waals surface area (Å²) >= 11 is 0. The minimum Gasteiger partial charge on any atom is -0.260 e. The Labute approximate surface area is 78.3 Å². The SMILES string of the molecule is CN(C)S1(Cl)CS(Cl)(Cl)C1. The minimum atomic E-state index is -1.33. The molecule has 0 spiro atoms. The van der Waals surface area contributed by atoms with E-state index in [0.717, 1.165) is 10.2 Å². The van der Waals surface area contributed by atoms with E-state index < -0.39 is 17.9 Å². The van der Waals surface area contributed by atoms with Crippen molar-refractivity contribution in [1.29, 1.82) is 0 Å². The summed E-state index contributed by atoms with van der Waals surface area (Å²) < 4.78 is 2.05. The molecule has 0 saturated carbocycles. The van der Waals surface area contributed by atoms with Crippen molar-refractivity contribution in [3.05, 3.63) is 0 Å². The molecule has 0 radical (unpaired) electrons. The Balaban J connectivity index is 2.50. The standard InChI is InChI=1S/C4H10Cl3NS2/c1-8(2)10(7)3-9(5,6)4-10/h3-4H2,1-2H3. The van der Waals surface area contributed by atoms with Gasteiger partial charge in [0.2, 0.25) is 0 Å². The maximum absolute atomic E-state index is 6.19. The number of nitrogens with zero attached hydrogens (tertiary/aromatic N) is 1. The average molecular weight is 243 g/mol. The minimum absolute atomic E-state index is 0.803. The van der Waals surface area contributed by atoms with Gasteiger partial charge in [-0.1, -0.05) is 17.9 Å². The fourth-order valence-corrected chi connectivity index (χ4v) is 16.0. The average Bonchev–Trinajstić information content (AvgIpc) is 1.59. The molecule has 1 fully saturated rings. The number of rotatable bonds is 1. The van der Waals surface area contributed by atoms with Gasteiger partial charge in [-0.05, 0) is 46.1 Å². The molecule has 0 atom stereocenters. The quantitative estimate of drug-likeness (QED) is 0.681. The lowest BCUT2D eigenvalue weighted by Gasteiger charge is -2.55. The van der Waals surface area contributed by atoms with E-state index in [0.29, 0.717) is 0 Å². The maximum Gasteiger partial charge on any atom is 0.0595 e. The van der Waals surface area contributed by atoms with Crippen molar-refractivity contribution in [3.63, 3.8) is 0 Å². The van der Waals surface area contributed by atoms with Crippen molar-refractivity contribution >= 4 is 49.9 Å². The van der Waals surface area contributed by atoms with Gasteiger partial charge in [0.25, 0.3) is 0 Å². The van der Waals surface area contributed by atoms with E-state index in [1.54, 1.807) is 0 Å². The summed E-state index contributed by atoms with van der Waals surface area (Å²) in [5, 5.41) is 1.61. The van der Waals surface area contributed by atoms with Crippen LogP contribution in [-0.4, -0.2) is 28.6 Å². The molecular formula is C4H10Cl3NS2. The zero-order valence-corrected chi connectivity index (χ0v) is 9.71. The zero-order chi connectivity index (χ0) is 7.99. The van der Waals surface area contributed by atoms with Gasteiger partial charge in [0.1, 0.15) is 0 Å². The van der Waals surface area contributed by atoms with Crippen LogP contribution in [0.5, 0.6) is 0 Å². The van der Waals surface area contributed by atoms with E-state index in [4.69, 9.17) is 32.0 Å². The van der Waals surface area contributed by atoms with Crippen LogP contribution in [0.4, 0.5) is 0 Å². The van der Waals surface area contributed by atoms with Crippen LogP contribution in [0.15, 0.2) is 0 Å². The molecule has 1 rings (SSSR count). The van der Waals surface area contributed by atoms with E-state index in [1.807, 2.05) is 18.4 Å². The molecular weight excluding hydrogens is 233 g/mol. The summed E-state index contributed by atoms with van der Waals surface area (Å²) in [6.07, 6.45) is 0. The van der Waals surface area contributed by atoms with Crippen molar-refractivity contribution < 1.29 is 0 Å². The third-order valence-electron chi connectivity index (χ3n) is 1.36. The van der Waals surface area contributed by atoms with Gasteiger partial charge in [0.15, 0.2) is 0 Å². The maximum atomic E-state index is 6.19. The fourth-order valence-electron chi connectivity index (χ4n) is 0.705. The van der Waals surface area contributed by atoms with Gasteiger partial charge in [-0.15, -0.1) is 0 Å². The summed E-state index contributed by atoms with van der Waals surface area (Å²) in [6, 6.07) is 0. The lowest BCUT2D eigenvalue weighted by atomic mass is 11.3. The van der Waals surface area contributed by atoms with Gasteiger partial charge in [0.05, 0.1) is 10.2 Å². The molecule has 0 aromatic rings. The van der Waals surface area contributed by atoms with E-state index in [2.05, 4.69) is 0 Å². The third-order valence-corrected chi connectivity index (χ3v) is 14.0. The largest absolute Gasteiger partial charge is 0.260 e. The van der Waals surface area contributed by atoms with Crippen molar-refractivity contribution in [2.24, 2.45) is 0 Å². The predicted octanol–water partition coefficient (Wildman–Crippen LogP) is 3.46. The fraction of sp³-hybridized carbons (Fsp3) is 1.00. The van der Waals surface area contributed by atoms with Crippen molar-refractivity contribution in [1.82, 2.24) is 4.31 Å².